The molecule has 2 aromatic carbocycles. The molecule has 158 valence electrons. The number of likely N-dealkylation sites (tertiary alicyclic amines) is 1. The maximum Gasteiger partial charge on any atom is 0.253 e. The summed E-state index contributed by atoms with van der Waals surface area (Å²) in [5.74, 6) is 1.39. The van der Waals surface area contributed by atoms with Gasteiger partial charge < -0.3 is 9.88 Å². The van der Waals surface area contributed by atoms with Gasteiger partial charge in [0.05, 0.1) is 17.2 Å². The molecule has 3 heterocycles. The number of aromatic nitrogens is 4. The van der Waals surface area contributed by atoms with E-state index in [2.05, 4.69) is 50.5 Å². The average molecular weight is 414 g/mol. The van der Waals surface area contributed by atoms with Gasteiger partial charge in [0.25, 0.3) is 5.91 Å². The van der Waals surface area contributed by atoms with Crippen LogP contribution in [0.3, 0.4) is 0 Å². The number of aromatic amines is 2. The van der Waals surface area contributed by atoms with Crippen molar-refractivity contribution in [2.45, 2.75) is 38.5 Å². The lowest BCUT2D eigenvalue weighted by Gasteiger charge is -2.32. The number of carbonyl (C=O) groups excluding carboxylic acids is 1. The van der Waals surface area contributed by atoms with Crippen LogP contribution in [0.4, 0.5) is 0 Å². The van der Waals surface area contributed by atoms with E-state index in [9.17, 15) is 4.79 Å². The van der Waals surface area contributed by atoms with E-state index in [1.807, 2.05) is 36.2 Å². The van der Waals surface area contributed by atoms with Crippen LogP contribution >= 0.6 is 0 Å². The summed E-state index contributed by atoms with van der Waals surface area (Å²) in [5.41, 5.74) is 6.43. The Balaban J connectivity index is 1.22. The van der Waals surface area contributed by atoms with Crippen molar-refractivity contribution < 1.29 is 4.79 Å². The number of amides is 1. The summed E-state index contributed by atoms with van der Waals surface area (Å²) in [6, 6.07) is 16.3. The van der Waals surface area contributed by atoms with E-state index in [1.165, 1.54) is 16.8 Å². The lowest BCUT2D eigenvalue weighted by Crippen LogP contribution is -2.38. The van der Waals surface area contributed by atoms with Gasteiger partial charge in [0.2, 0.25) is 0 Å². The maximum absolute atomic E-state index is 13.0. The van der Waals surface area contributed by atoms with Crippen LogP contribution in [0.1, 0.15) is 51.8 Å². The van der Waals surface area contributed by atoms with Gasteiger partial charge in [-0.2, -0.15) is 5.10 Å². The number of nitrogens with one attached hydrogen (secondary N) is 2. The topological polar surface area (TPSA) is 77.7 Å². The van der Waals surface area contributed by atoms with Crippen LogP contribution in [0.2, 0.25) is 0 Å². The highest BCUT2D eigenvalue weighted by atomic mass is 16.2. The second kappa shape index (κ2) is 8.38. The molecule has 6 heteroatoms. The monoisotopic (exact) mass is 413 g/mol. The fourth-order valence-corrected chi connectivity index (χ4v) is 4.62. The minimum atomic E-state index is 0.0986. The van der Waals surface area contributed by atoms with E-state index in [0.717, 1.165) is 61.2 Å². The Morgan fingerprint density at radius 1 is 1.10 bits per heavy atom. The molecule has 2 N–H and O–H groups in total. The van der Waals surface area contributed by atoms with Gasteiger partial charge in [0.1, 0.15) is 5.82 Å². The van der Waals surface area contributed by atoms with E-state index in [0.29, 0.717) is 5.92 Å². The fourth-order valence-electron chi connectivity index (χ4n) is 4.62. The Labute approximate surface area is 181 Å². The van der Waals surface area contributed by atoms with Gasteiger partial charge in [0.15, 0.2) is 0 Å². The van der Waals surface area contributed by atoms with Crippen LogP contribution in [0.5, 0.6) is 0 Å². The molecule has 0 saturated carbocycles. The van der Waals surface area contributed by atoms with Gasteiger partial charge in [-0.3, -0.25) is 9.89 Å². The number of carbonyl (C=O) groups is 1. The van der Waals surface area contributed by atoms with Crippen molar-refractivity contribution >= 4 is 16.9 Å². The van der Waals surface area contributed by atoms with Crippen molar-refractivity contribution in [2.24, 2.45) is 0 Å². The van der Waals surface area contributed by atoms with Crippen LogP contribution in [-0.2, 0) is 12.8 Å². The van der Waals surface area contributed by atoms with Crippen molar-refractivity contribution in [1.82, 2.24) is 25.1 Å². The number of hydrogen-bond acceptors (Lipinski definition) is 3. The second-order valence-electron chi connectivity index (χ2n) is 8.42. The number of hydrogen-bond donors (Lipinski definition) is 2. The number of H-pyrrole nitrogens is 2. The standard InChI is InChI=1S/C25H27N5O/c1-17-27-22-10-9-20(15-23(22)28-17)25(31)30-13-11-19(12-14-30)24-21(16-26-29-24)8-7-18-5-3-2-4-6-18/h2-6,9-10,15-16,19H,7-8,11-14H2,1H3,(H,26,29)(H,27,28). The molecule has 1 saturated heterocycles. The van der Waals surface area contributed by atoms with E-state index < -0.39 is 0 Å². The number of fused-ring (bicyclic) bond motifs is 1. The molecule has 0 spiro atoms. The quantitative estimate of drug-likeness (QED) is 0.509. The second-order valence-corrected chi connectivity index (χ2v) is 8.42. The first-order valence-corrected chi connectivity index (χ1v) is 11.0. The molecule has 4 aromatic rings. The number of benzene rings is 2. The van der Waals surface area contributed by atoms with Gasteiger partial charge in [-0.15, -0.1) is 0 Å². The van der Waals surface area contributed by atoms with Crippen LogP contribution in [0, 0.1) is 6.92 Å². The van der Waals surface area contributed by atoms with E-state index >= 15 is 0 Å². The molecular formula is C25H27N5O. The molecule has 0 bridgehead atoms. The van der Waals surface area contributed by atoms with Gasteiger partial charge >= 0.3 is 0 Å². The molecule has 1 aliphatic heterocycles. The predicted octanol–water partition coefficient (Wildman–Crippen LogP) is 4.40. The Morgan fingerprint density at radius 3 is 2.71 bits per heavy atom. The zero-order valence-corrected chi connectivity index (χ0v) is 17.8. The van der Waals surface area contributed by atoms with Crippen molar-refractivity contribution in [1.29, 1.82) is 0 Å². The van der Waals surface area contributed by atoms with Crippen LogP contribution < -0.4 is 0 Å². The largest absolute Gasteiger partial charge is 0.342 e. The third kappa shape index (κ3) is 4.10. The Morgan fingerprint density at radius 2 is 1.90 bits per heavy atom. The summed E-state index contributed by atoms with van der Waals surface area (Å²) in [6.45, 7) is 3.46. The first kappa shape index (κ1) is 19.5. The zero-order valence-electron chi connectivity index (χ0n) is 17.8. The SMILES string of the molecule is Cc1nc2ccc(C(=O)N3CCC(c4[nH]ncc4CCc4ccccc4)CC3)cc2[nH]1. The van der Waals surface area contributed by atoms with Crippen LogP contribution in [0.25, 0.3) is 11.0 Å². The zero-order chi connectivity index (χ0) is 21.2. The molecule has 31 heavy (non-hydrogen) atoms. The summed E-state index contributed by atoms with van der Waals surface area (Å²) < 4.78 is 0. The molecule has 2 aromatic heterocycles. The maximum atomic E-state index is 13.0. The van der Waals surface area contributed by atoms with Gasteiger partial charge in [0, 0.05) is 30.3 Å². The van der Waals surface area contributed by atoms with Gasteiger partial charge in [-0.25, -0.2) is 4.98 Å². The van der Waals surface area contributed by atoms with E-state index in [-0.39, 0.29) is 5.91 Å². The molecule has 0 radical (unpaired) electrons. The van der Waals surface area contributed by atoms with Crippen molar-refractivity contribution in [2.75, 3.05) is 13.1 Å². The van der Waals surface area contributed by atoms with Crippen molar-refractivity contribution in [3.63, 3.8) is 0 Å². The lowest BCUT2D eigenvalue weighted by atomic mass is 9.89. The minimum absolute atomic E-state index is 0.0986. The highest BCUT2D eigenvalue weighted by molar-refractivity contribution is 5.97. The molecular weight excluding hydrogens is 386 g/mol. The Hall–Kier alpha value is -3.41. The first-order chi connectivity index (χ1) is 15.2. The van der Waals surface area contributed by atoms with Gasteiger partial charge in [-0.1, -0.05) is 30.3 Å². The average Bonchev–Trinajstić information content (AvgIpc) is 3.43. The third-order valence-electron chi connectivity index (χ3n) is 6.31. The lowest BCUT2D eigenvalue weighted by molar-refractivity contribution is 0.0712. The van der Waals surface area contributed by atoms with Crippen LogP contribution in [-0.4, -0.2) is 44.1 Å². The van der Waals surface area contributed by atoms with Crippen LogP contribution in [0.15, 0.2) is 54.7 Å². The summed E-state index contributed by atoms with van der Waals surface area (Å²) in [5, 5.41) is 7.57. The smallest absolute Gasteiger partial charge is 0.253 e. The summed E-state index contributed by atoms with van der Waals surface area (Å²) in [7, 11) is 0. The predicted molar refractivity (Wildman–Crippen MR) is 121 cm³/mol. The number of imidazole rings is 1. The van der Waals surface area contributed by atoms with Crippen molar-refractivity contribution in [3.05, 3.63) is 82.9 Å². The highest BCUT2D eigenvalue weighted by Gasteiger charge is 2.27. The summed E-state index contributed by atoms with van der Waals surface area (Å²) in [6.07, 6.45) is 5.88. The number of rotatable bonds is 5. The molecule has 6 nitrogen and oxygen atoms in total. The summed E-state index contributed by atoms with van der Waals surface area (Å²) in [4.78, 5) is 22.7. The number of aryl methyl sites for hydroxylation is 3. The summed E-state index contributed by atoms with van der Waals surface area (Å²) >= 11 is 0. The molecule has 5 rings (SSSR count). The highest BCUT2D eigenvalue weighted by Crippen LogP contribution is 2.30. The molecule has 1 amide bonds. The number of nitrogens with zero attached hydrogens (tertiary/aromatic N) is 3. The molecule has 0 atom stereocenters. The minimum Gasteiger partial charge on any atom is -0.342 e. The molecule has 1 aliphatic rings. The third-order valence-corrected chi connectivity index (χ3v) is 6.31. The number of piperidine rings is 1. The molecule has 0 unspecified atom stereocenters. The Kier molecular flexibility index (Phi) is 5.28. The van der Waals surface area contributed by atoms with E-state index in [1.54, 1.807) is 0 Å². The molecule has 1 fully saturated rings. The van der Waals surface area contributed by atoms with E-state index in [4.69, 9.17) is 0 Å². The Bertz CT molecular complexity index is 1190. The van der Waals surface area contributed by atoms with Crippen molar-refractivity contribution in [3.8, 4) is 0 Å². The fraction of sp³-hybridized carbons (Fsp3) is 0.320. The normalized spacial score (nSPS) is 14.9. The first-order valence-electron chi connectivity index (χ1n) is 11.0. The molecule has 0 aliphatic carbocycles. The van der Waals surface area contributed by atoms with Gasteiger partial charge in [-0.05, 0) is 61.9 Å².